The van der Waals surface area contributed by atoms with E-state index in [2.05, 4.69) is 5.32 Å². The van der Waals surface area contributed by atoms with Crippen molar-refractivity contribution < 1.29 is 13.9 Å². The molecule has 0 fully saturated rings. The number of thioether (sulfide) groups is 1. The Morgan fingerprint density at radius 3 is 2.74 bits per heavy atom. The van der Waals surface area contributed by atoms with Gasteiger partial charge in [0.1, 0.15) is 11.6 Å². The second kappa shape index (κ2) is 8.43. The summed E-state index contributed by atoms with van der Waals surface area (Å²) >= 11 is 13.2. The Balaban J connectivity index is 1.89. The van der Waals surface area contributed by atoms with Crippen molar-refractivity contribution in [3.8, 4) is 5.75 Å². The summed E-state index contributed by atoms with van der Waals surface area (Å²) in [6.07, 6.45) is 0. The van der Waals surface area contributed by atoms with Gasteiger partial charge in [-0.1, -0.05) is 23.2 Å². The molecule has 0 atom stereocenters. The number of nitrogens with one attached hydrogen (secondary N) is 1. The van der Waals surface area contributed by atoms with E-state index in [1.165, 1.54) is 31.0 Å². The number of rotatable bonds is 6. The van der Waals surface area contributed by atoms with Gasteiger partial charge in [-0.2, -0.15) is 0 Å². The van der Waals surface area contributed by atoms with Crippen molar-refractivity contribution in [2.75, 3.05) is 18.2 Å². The summed E-state index contributed by atoms with van der Waals surface area (Å²) < 4.78 is 18.4. The number of hydrogen-bond acceptors (Lipinski definition) is 3. The second-order valence-corrected chi connectivity index (χ2v) is 6.45. The fourth-order valence-corrected chi connectivity index (χ4v) is 3.15. The Labute approximate surface area is 148 Å². The molecule has 0 radical (unpaired) electrons. The lowest BCUT2D eigenvalue weighted by Crippen LogP contribution is -2.14. The molecule has 2 rings (SSSR count). The highest BCUT2D eigenvalue weighted by atomic mass is 35.5. The van der Waals surface area contributed by atoms with Crippen LogP contribution in [0.5, 0.6) is 5.75 Å². The molecule has 0 bridgehead atoms. The molecule has 2 aromatic carbocycles. The zero-order valence-corrected chi connectivity index (χ0v) is 14.6. The van der Waals surface area contributed by atoms with E-state index in [-0.39, 0.29) is 17.5 Å². The van der Waals surface area contributed by atoms with Gasteiger partial charge in [0, 0.05) is 16.3 Å². The highest BCUT2D eigenvalue weighted by molar-refractivity contribution is 7.99. The van der Waals surface area contributed by atoms with Crippen LogP contribution in [0.3, 0.4) is 0 Å². The van der Waals surface area contributed by atoms with Crippen LogP contribution < -0.4 is 10.1 Å². The SMILES string of the molecule is COc1ccc(F)cc1CSCC(=O)Nc1ccc(Cl)cc1Cl. The van der Waals surface area contributed by atoms with Crippen molar-refractivity contribution in [2.45, 2.75) is 5.75 Å². The Bertz CT molecular complexity index is 712. The van der Waals surface area contributed by atoms with Gasteiger partial charge in [-0.05, 0) is 36.4 Å². The largest absolute Gasteiger partial charge is 0.496 e. The second-order valence-electron chi connectivity index (χ2n) is 4.62. The Hall–Kier alpha value is -1.43. The molecule has 0 aliphatic heterocycles. The highest BCUT2D eigenvalue weighted by Crippen LogP contribution is 2.26. The molecule has 23 heavy (non-hydrogen) atoms. The van der Waals surface area contributed by atoms with E-state index in [1.807, 2.05) is 0 Å². The van der Waals surface area contributed by atoms with Crippen LogP contribution in [-0.4, -0.2) is 18.8 Å². The number of carbonyl (C=O) groups is 1. The molecule has 0 saturated carbocycles. The predicted molar refractivity (Wildman–Crippen MR) is 94.2 cm³/mol. The minimum absolute atomic E-state index is 0.199. The van der Waals surface area contributed by atoms with Crippen LogP contribution >= 0.6 is 35.0 Å². The van der Waals surface area contributed by atoms with Crippen LogP contribution in [0.25, 0.3) is 0 Å². The monoisotopic (exact) mass is 373 g/mol. The summed E-state index contributed by atoms with van der Waals surface area (Å²) in [5.74, 6) is 0.731. The van der Waals surface area contributed by atoms with Gasteiger partial charge in [0.2, 0.25) is 5.91 Å². The first kappa shape index (κ1) is 17.9. The molecule has 7 heteroatoms. The van der Waals surface area contributed by atoms with Gasteiger partial charge in [-0.3, -0.25) is 4.79 Å². The predicted octanol–water partition coefficient (Wildman–Crippen LogP) is 5.01. The van der Waals surface area contributed by atoms with E-state index in [1.54, 1.807) is 24.3 Å². The minimum atomic E-state index is -0.334. The number of halogens is 3. The smallest absolute Gasteiger partial charge is 0.234 e. The lowest BCUT2D eigenvalue weighted by atomic mass is 10.2. The summed E-state index contributed by atoms with van der Waals surface area (Å²) in [5, 5.41) is 3.59. The molecular weight excluding hydrogens is 360 g/mol. The topological polar surface area (TPSA) is 38.3 Å². The minimum Gasteiger partial charge on any atom is -0.496 e. The van der Waals surface area contributed by atoms with Crippen molar-refractivity contribution in [1.29, 1.82) is 0 Å². The number of ether oxygens (including phenoxy) is 1. The third-order valence-corrected chi connectivity index (χ3v) is 4.47. The maximum absolute atomic E-state index is 13.3. The van der Waals surface area contributed by atoms with Gasteiger partial charge < -0.3 is 10.1 Å². The van der Waals surface area contributed by atoms with Crippen LogP contribution in [0.1, 0.15) is 5.56 Å². The van der Waals surface area contributed by atoms with Crippen molar-refractivity contribution in [2.24, 2.45) is 0 Å². The highest BCUT2D eigenvalue weighted by Gasteiger charge is 2.09. The Morgan fingerprint density at radius 1 is 1.26 bits per heavy atom. The molecule has 0 aromatic heterocycles. The lowest BCUT2D eigenvalue weighted by molar-refractivity contribution is -0.113. The first-order valence-corrected chi connectivity index (χ1v) is 8.55. The molecule has 0 saturated heterocycles. The molecule has 3 nitrogen and oxygen atoms in total. The van der Waals surface area contributed by atoms with E-state index in [4.69, 9.17) is 27.9 Å². The van der Waals surface area contributed by atoms with Crippen molar-refractivity contribution >= 4 is 46.6 Å². The fourth-order valence-electron chi connectivity index (χ4n) is 1.89. The van der Waals surface area contributed by atoms with Gasteiger partial charge in [-0.15, -0.1) is 11.8 Å². The summed E-state index contributed by atoms with van der Waals surface area (Å²) in [5.41, 5.74) is 1.21. The third kappa shape index (κ3) is 5.30. The number of hydrogen-bond donors (Lipinski definition) is 1. The summed E-state index contributed by atoms with van der Waals surface area (Å²) in [6, 6.07) is 9.15. The summed E-state index contributed by atoms with van der Waals surface area (Å²) in [6.45, 7) is 0. The molecule has 0 heterocycles. The van der Waals surface area contributed by atoms with Crippen LogP contribution in [0.2, 0.25) is 10.0 Å². The molecule has 1 N–H and O–H groups in total. The summed E-state index contributed by atoms with van der Waals surface area (Å²) in [4.78, 5) is 11.9. The van der Waals surface area contributed by atoms with E-state index >= 15 is 0 Å². The molecule has 2 aromatic rings. The Kier molecular flexibility index (Phi) is 6.57. The van der Waals surface area contributed by atoms with E-state index in [0.29, 0.717) is 32.8 Å². The normalized spacial score (nSPS) is 10.4. The van der Waals surface area contributed by atoms with Gasteiger partial charge in [0.05, 0.1) is 23.6 Å². The van der Waals surface area contributed by atoms with Crippen LogP contribution in [-0.2, 0) is 10.5 Å². The van der Waals surface area contributed by atoms with Crippen molar-refractivity contribution in [3.05, 3.63) is 57.8 Å². The van der Waals surface area contributed by atoms with E-state index < -0.39 is 0 Å². The number of methoxy groups -OCH3 is 1. The van der Waals surface area contributed by atoms with E-state index in [9.17, 15) is 9.18 Å². The van der Waals surface area contributed by atoms with Crippen LogP contribution in [0.15, 0.2) is 36.4 Å². The van der Waals surface area contributed by atoms with Crippen LogP contribution in [0, 0.1) is 5.82 Å². The maximum Gasteiger partial charge on any atom is 0.234 e. The fraction of sp³-hybridized carbons (Fsp3) is 0.188. The first-order valence-electron chi connectivity index (χ1n) is 6.64. The van der Waals surface area contributed by atoms with Gasteiger partial charge >= 0.3 is 0 Å². The standard InChI is InChI=1S/C16H14Cl2FNO2S/c1-22-15-5-3-12(19)6-10(15)8-23-9-16(21)20-14-4-2-11(17)7-13(14)18/h2-7H,8-9H2,1H3,(H,20,21). The first-order chi connectivity index (χ1) is 11.0. The third-order valence-electron chi connectivity index (χ3n) is 2.94. The average Bonchev–Trinajstić information content (AvgIpc) is 2.50. The van der Waals surface area contributed by atoms with Gasteiger partial charge in [0.25, 0.3) is 0 Å². The zero-order chi connectivity index (χ0) is 16.8. The number of amides is 1. The zero-order valence-electron chi connectivity index (χ0n) is 12.2. The van der Waals surface area contributed by atoms with Gasteiger partial charge in [-0.25, -0.2) is 4.39 Å². The molecule has 0 unspecified atom stereocenters. The van der Waals surface area contributed by atoms with Gasteiger partial charge in [0.15, 0.2) is 0 Å². The molecule has 0 spiro atoms. The molecule has 0 aliphatic rings. The quantitative estimate of drug-likeness (QED) is 0.772. The molecule has 0 aliphatic carbocycles. The van der Waals surface area contributed by atoms with E-state index in [0.717, 1.165) is 0 Å². The molecule has 122 valence electrons. The number of carbonyl (C=O) groups excluding carboxylic acids is 1. The lowest BCUT2D eigenvalue weighted by Gasteiger charge is -2.09. The number of anilines is 1. The average molecular weight is 374 g/mol. The van der Waals surface area contributed by atoms with Crippen molar-refractivity contribution in [3.63, 3.8) is 0 Å². The van der Waals surface area contributed by atoms with Crippen LogP contribution in [0.4, 0.5) is 10.1 Å². The van der Waals surface area contributed by atoms with Crippen molar-refractivity contribution in [1.82, 2.24) is 0 Å². The Morgan fingerprint density at radius 2 is 2.04 bits per heavy atom. The molecule has 1 amide bonds. The number of benzene rings is 2. The molecular formula is C16H14Cl2FNO2S. The summed E-state index contributed by atoms with van der Waals surface area (Å²) in [7, 11) is 1.52. The maximum atomic E-state index is 13.3.